The van der Waals surface area contributed by atoms with Crippen molar-refractivity contribution in [3.8, 4) is 11.8 Å². The summed E-state index contributed by atoms with van der Waals surface area (Å²) in [5.41, 5.74) is -0.569. The molecule has 0 aliphatic heterocycles. The Bertz CT molecular complexity index is 305. The summed E-state index contributed by atoms with van der Waals surface area (Å²) in [5.74, 6) is 5.28. The Labute approximate surface area is 79.4 Å². The molecule has 0 atom stereocenters. The molecular weight excluding hydrogens is 192 g/mol. The van der Waals surface area contributed by atoms with Gasteiger partial charge < -0.3 is 4.74 Å². The summed E-state index contributed by atoms with van der Waals surface area (Å²) in [6.45, 7) is 3.42. The van der Waals surface area contributed by atoms with Crippen molar-refractivity contribution in [2.45, 2.75) is 19.4 Å². The average molecular weight is 206 g/mol. The number of hydrogen-bond acceptors (Lipinski definition) is 4. The summed E-state index contributed by atoms with van der Waals surface area (Å²) in [5, 5.41) is 0. The minimum atomic E-state index is -3.39. The van der Waals surface area contributed by atoms with Crippen molar-refractivity contribution in [2.24, 2.45) is 0 Å². The van der Waals surface area contributed by atoms with E-state index < -0.39 is 15.7 Å². The van der Waals surface area contributed by atoms with Gasteiger partial charge in [-0.3, -0.25) is 4.18 Å². The van der Waals surface area contributed by atoms with Crippen LogP contribution in [0, 0.1) is 11.8 Å². The van der Waals surface area contributed by atoms with E-state index in [0.717, 1.165) is 6.26 Å². The van der Waals surface area contributed by atoms with Crippen molar-refractivity contribution < 1.29 is 17.3 Å². The van der Waals surface area contributed by atoms with Gasteiger partial charge in [-0.1, -0.05) is 11.8 Å². The van der Waals surface area contributed by atoms with Gasteiger partial charge in [0.1, 0.15) is 12.2 Å². The predicted octanol–water partition coefficient (Wildman–Crippen LogP) is 0.391. The molecule has 0 heterocycles. The van der Waals surface area contributed by atoms with Crippen LogP contribution in [0.2, 0.25) is 0 Å². The summed E-state index contributed by atoms with van der Waals surface area (Å²) < 4.78 is 30.4. The molecule has 0 saturated carbocycles. The van der Waals surface area contributed by atoms with Gasteiger partial charge in [-0.05, 0) is 13.8 Å². The zero-order valence-corrected chi connectivity index (χ0v) is 9.06. The number of ether oxygens (including phenoxy) is 1. The summed E-state index contributed by atoms with van der Waals surface area (Å²) >= 11 is 0. The van der Waals surface area contributed by atoms with E-state index in [1.807, 2.05) is 0 Å². The fraction of sp³-hybridized carbons (Fsp3) is 0.750. The molecule has 13 heavy (non-hydrogen) atoms. The van der Waals surface area contributed by atoms with Gasteiger partial charge in [-0.25, -0.2) is 0 Å². The van der Waals surface area contributed by atoms with Gasteiger partial charge in [0.15, 0.2) is 0 Å². The standard InChI is InChI=1S/C8H14O4S/c1-8(2,11-3)6-5-7-12-13(4,9)10/h7H2,1-4H3. The van der Waals surface area contributed by atoms with E-state index in [9.17, 15) is 8.42 Å². The molecule has 0 spiro atoms. The first kappa shape index (κ1) is 12.4. The lowest BCUT2D eigenvalue weighted by Crippen LogP contribution is -2.19. The van der Waals surface area contributed by atoms with Crippen molar-refractivity contribution in [1.82, 2.24) is 0 Å². The lowest BCUT2D eigenvalue weighted by molar-refractivity contribution is 0.0740. The second kappa shape index (κ2) is 4.61. The molecule has 0 N–H and O–H groups in total. The van der Waals surface area contributed by atoms with Crippen LogP contribution in [0.4, 0.5) is 0 Å². The van der Waals surface area contributed by atoms with E-state index in [1.54, 1.807) is 13.8 Å². The lowest BCUT2D eigenvalue weighted by Gasteiger charge is -2.13. The average Bonchev–Trinajstić information content (AvgIpc) is 1.97. The molecule has 0 aliphatic rings. The van der Waals surface area contributed by atoms with Crippen LogP contribution in [-0.2, 0) is 19.0 Å². The third-order valence-corrected chi connectivity index (χ3v) is 1.79. The third kappa shape index (κ3) is 7.78. The van der Waals surface area contributed by atoms with E-state index in [0.29, 0.717) is 0 Å². The number of rotatable bonds is 3. The summed E-state index contributed by atoms with van der Waals surface area (Å²) in [6, 6.07) is 0. The van der Waals surface area contributed by atoms with Crippen LogP contribution in [0.25, 0.3) is 0 Å². The van der Waals surface area contributed by atoms with Crippen LogP contribution in [0.1, 0.15) is 13.8 Å². The van der Waals surface area contributed by atoms with E-state index in [4.69, 9.17) is 4.74 Å². The van der Waals surface area contributed by atoms with Crippen LogP contribution < -0.4 is 0 Å². The van der Waals surface area contributed by atoms with Gasteiger partial charge in [0.2, 0.25) is 0 Å². The van der Waals surface area contributed by atoms with Crippen LogP contribution in [0.15, 0.2) is 0 Å². The molecule has 0 fully saturated rings. The monoisotopic (exact) mass is 206 g/mol. The molecule has 0 aromatic heterocycles. The highest BCUT2D eigenvalue weighted by Crippen LogP contribution is 2.03. The van der Waals surface area contributed by atoms with Crippen molar-refractivity contribution in [1.29, 1.82) is 0 Å². The zero-order chi connectivity index (χ0) is 10.5. The van der Waals surface area contributed by atoms with Crippen molar-refractivity contribution in [3.05, 3.63) is 0 Å². The molecule has 0 bridgehead atoms. The van der Waals surface area contributed by atoms with E-state index in [-0.39, 0.29) is 6.61 Å². The van der Waals surface area contributed by atoms with Crippen LogP contribution in [-0.4, -0.2) is 34.0 Å². The van der Waals surface area contributed by atoms with Gasteiger partial charge in [0, 0.05) is 7.11 Å². The summed E-state index contributed by atoms with van der Waals surface area (Å²) in [6.07, 6.45) is 0.982. The quantitative estimate of drug-likeness (QED) is 0.495. The molecule has 76 valence electrons. The molecule has 0 radical (unpaired) electrons. The van der Waals surface area contributed by atoms with E-state index >= 15 is 0 Å². The Morgan fingerprint density at radius 2 is 1.92 bits per heavy atom. The molecule has 4 nitrogen and oxygen atoms in total. The highest BCUT2D eigenvalue weighted by atomic mass is 32.2. The highest BCUT2D eigenvalue weighted by Gasteiger charge is 2.10. The number of methoxy groups -OCH3 is 1. The first-order valence-electron chi connectivity index (χ1n) is 3.66. The fourth-order valence-electron chi connectivity index (χ4n) is 0.436. The Hall–Kier alpha value is -0.570. The maximum atomic E-state index is 10.5. The van der Waals surface area contributed by atoms with E-state index in [2.05, 4.69) is 16.0 Å². The third-order valence-electron chi connectivity index (χ3n) is 1.24. The lowest BCUT2D eigenvalue weighted by atomic mass is 10.1. The molecule has 5 heteroatoms. The van der Waals surface area contributed by atoms with Crippen molar-refractivity contribution in [2.75, 3.05) is 20.0 Å². The van der Waals surface area contributed by atoms with Gasteiger partial charge in [-0.2, -0.15) is 8.42 Å². The molecule has 0 saturated heterocycles. The Balaban J connectivity index is 4.02. The van der Waals surface area contributed by atoms with Gasteiger partial charge in [0.05, 0.1) is 6.26 Å². The van der Waals surface area contributed by atoms with Crippen molar-refractivity contribution in [3.63, 3.8) is 0 Å². The second-order valence-corrected chi connectivity index (χ2v) is 4.63. The van der Waals surface area contributed by atoms with Gasteiger partial charge in [-0.15, -0.1) is 0 Å². The van der Waals surface area contributed by atoms with Crippen molar-refractivity contribution >= 4 is 10.1 Å². The second-order valence-electron chi connectivity index (χ2n) is 2.98. The minimum absolute atomic E-state index is 0.133. The summed E-state index contributed by atoms with van der Waals surface area (Å²) in [7, 11) is -1.86. The smallest absolute Gasteiger partial charge is 0.265 e. The molecule has 0 aromatic rings. The van der Waals surface area contributed by atoms with E-state index in [1.165, 1.54) is 7.11 Å². The van der Waals surface area contributed by atoms with Gasteiger partial charge >= 0.3 is 0 Å². The highest BCUT2D eigenvalue weighted by molar-refractivity contribution is 7.85. The Kier molecular flexibility index (Phi) is 4.40. The SMILES string of the molecule is COC(C)(C)C#CCOS(C)(=O)=O. The topological polar surface area (TPSA) is 52.6 Å². The largest absolute Gasteiger partial charge is 0.366 e. The number of hydrogen-bond donors (Lipinski definition) is 0. The summed E-state index contributed by atoms with van der Waals surface area (Å²) in [4.78, 5) is 0. The maximum Gasteiger partial charge on any atom is 0.265 e. The van der Waals surface area contributed by atoms with Crippen LogP contribution >= 0.6 is 0 Å². The fourth-order valence-corrected chi connectivity index (χ4v) is 0.709. The van der Waals surface area contributed by atoms with Crippen LogP contribution in [0.3, 0.4) is 0 Å². The molecule has 0 unspecified atom stereocenters. The Morgan fingerprint density at radius 1 is 1.38 bits per heavy atom. The molecule has 0 aromatic carbocycles. The molecule has 0 amide bonds. The van der Waals surface area contributed by atoms with Crippen LogP contribution in [0.5, 0.6) is 0 Å². The normalized spacial score (nSPS) is 12.0. The minimum Gasteiger partial charge on any atom is -0.366 e. The first-order valence-corrected chi connectivity index (χ1v) is 5.48. The molecule has 0 rings (SSSR count). The molecule has 0 aliphatic carbocycles. The zero-order valence-electron chi connectivity index (χ0n) is 8.25. The molecular formula is C8H14O4S. The van der Waals surface area contributed by atoms with Gasteiger partial charge in [0.25, 0.3) is 10.1 Å². The predicted molar refractivity (Wildman–Crippen MR) is 49.7 cm³/mol. The Morgan fingerprint density at radius 3 is 2.31 bits per heavy atom. The first-order chi connectivity index (χ1) is 5.77. The maximum absolute atomic E-state index is 10.5.